The maximum atomic E-state index is 2.48. The molecule has 41 heavy (non-hydrogen) atoms. The lowest BCUT2D eigenvalue weighted by Gasteiger charge is -2.33. The highest BCUT2D eigenvalue weighted by molar-refractivity contribution is 6.10. The van der Waals surface area contributed by atoms with E-state index in [1.165, 1.54) is 55.6 Å². The van der Waals surface area contributed by atoms with Gasteiger partial charge in [-0.05, 0) is 79.3 Å². The summed E-state index contributed by atoms with van der Waals surface area (Å²) < 4.78 is 2.43. The van der Waals surface area contributed by atoms with Gasteiger partial charge in [0.25, 0.3) is 0 Å². The SMILES string of the molecule is Cc1cc(N2c3ccccc3C/C=C\C=C/C2C)ccc1C1C=CC(n2c3ccccc3c3ccccc32)=CC1C. The first-order valence-corrected chi connectivity index (χ1v) is 14.8. The Balaban J connectivity index is 1.23. The summed E-state index contributed by atoms with van der Waals surface area (Å²) in [5.41, 5.74) is 10.4. The summed E-state index contributed by atoms with van der Waals surface area (Å²) in [6.07, 6.45) is 17.0. The molecule has 0 spiro atoms. The molecule has 202 valence electrons. The number of para-hydroxylation sites is 3. The lowest BCUT2D eigenvalue weighted by Crippen LogP contribution is -2.27. The summed E-state index contributed by atoms with van der Waals surface area (Å²) in [6.45, 7) is 6.91. The van der Waals surface area contributed by atoms with Crippen molar-refractivity contribution in [2.75, 3.05) is 4.90 Å². The number of aryl methyl sites for hydroxylation is 1. The summed E-state index contributed by atoms with van der Waals surface area (Å²) in [5.74, 6) is 0.712. The van der Waals surface area contributed by atoms with Crippen LogP contribution in [-0.2, 0) is 6.42 Å². The number of benzene rings is 4. The van der Waals surface area contributed by atoms with Gasteiger partial charge in [-0.1, -0.05) is 104 Å². The Bertz CT molecular complexity index is 1830. The van der Waals surface area contributed by atoms with Gasteiger partial charge < -0.3 is 9.47 Å². The number of rotatable bonds is 3. The molecule has 2 nitrogen and oxygen atoms in total. The van der Waals surface area contributed by atoms with Crippen LogP contribution in [0.5, 0.6) is 0 Å². The van der Waals surface area contributed by atoms with Crippen molar-refractivity contribution in [3.63, 3.8) is 0 Å². The average molecular weight is 533 g/mol. The largest absolute Gasteiger partial charge is 0.335 e. The van der Waals surface area contributed by atoms with Crippen LogP contribution in [-0.4, -0.2) is 10.6 Å². The maximum Gasteiger partial charge on any atom is 0.0540 e. The molecule has 5 aromatic rings. The Labute approximate surface area is 243 Å². The first-order valence-electron chi connectivity index (χ1n) is 14.8. The summed E-state index contributed by atoms with van der Waals surface area (Å²) in [6, 6.07) is 33.6. The van der Waals surface area contributed by atoms with E-state index in [0.717, 1.165) is 6.42 Å². The van der Waals surface area contributed by atoms with Crippen LogP contribution in [0.2, 0.25) is 0 Å². The first-order chi connectivity index (χ1) is 20.1. The minimum absolute atomic E-state index is 0.245. The van der Waals surface area contributed by atoms with E-state index in [1.807, 2.05) is 0 Å². The van der Waals surface area contributed by atoms with Crippen molar-refractivity contribution in [1.29, 1.82) is 0 Å². The molecule has 0 radical (unpaired) electrons. The molecule has 1 aliphatic carbocycles. The summed E-state index contributed by atoms with van der Waals surface area (Å²) in [5, 5.41) is 2.61. The van der Waals surface area contributed by atoms with Crippen LogP contribution in [0, 0.1) is 12.8 Å². The predicted octanol–water partition coefficient (Wildman–Crippen LogP) is 10.1. The van der Waals surface area contributed by atoms with E-state index in [4.69, 9.17) is 0 Å². The Hall–Kier alpha value is -4.56. The molecule has 2 aliphatic rings. The predicted molar refractivity (Wildman–Crippen MR) is 176 cm³/mol. The van der Waals surface area contributed by atoms with Crippen molar-refractivity contribution in [3.05, 3.63) is 150 Å². The van der Waals surface area contributed by atoms with Crippen LogP contribution in [0.1, 0.15) is 36.5 Å². The molecule has 3 unspecified atom stereocenters. The fourth-order valence-corrected chi connectivity index (χ4v) is 6.82. The van der Waals surface area contributed by atoms with Gasteiger partial charge in [0.15, 0.2) is 0 Å². The Morgan fingerprint density at radius 3 is 2.17 bits per heavy atom. The number of aromatic nitrogens is 1. The second-order valence-electron chi connectivity index (χ2n) is 11.5. The van der Waals surface area contributed by atoms with Gasteiger partial charge in [0.1, 0.15) is 0 Å². The van der Waals surface area contributed by atoms with Crippen molar-refractivity contribution < 1.29 is 0 Å². The topological polar surface area (TPSA) is 8.17 Å². The molecule has 0 fully saturated rings. The van der Waals surface area contributed by atoms with E-state index in [1.54, 1.807) is 0 Å². The number of nitrogens with zero attached hydrogens (tertiary/aromatic N) is 2. The van der Waals surface area contributed by atoms with E-state index in [0.29, 0.717) is 11.8 Å². The third-order valence-corrected chi connectivity index (χ3v) is 8.84. The summed E-state index contributed by atoms with van der Waals surface area (Å²) in [4.78, 5) is 2.48. The Morgan fingerprint density at radius 1 is 0.732 bits per heavy atom. The zero-order valence-electron chi connectivity index (χ0n) is 24.0. The van der Waals surface area contributed by atoms with Crippen molar-refractivity contribution in [2.24, 2.45) is 5.92 Å². The average Bonchev–Trinajstić information content (AvgIpc) is 3.35. The number of anilines is 2. The van der Waals surface area contributed by atoms with Crippen molar-refractivity contribution >= 4 is 38.9 Å². The smallest absolute Gasteiger partial charge is 0.0540 e. The second-order valence-corrected chi connectivity index (χ2v) is 11.5. The van der Waals surface area contributed by atoms with Gasteiger partial charge >= 0.3 is 0 Å². The van der Waals surface area contributed by atoms with Crippen LogP contribution in [0.3, 0.4) is 0 Å². The van der Waals surface area contributed by atoms with Crippen molar-refractivity contribution in [1.82, 2.24) is 4.57 Å². The second kappa shape index (κ2) is 10.4. The quantitative estimate of drug-likeness (QED) is 0.224. The van der Waals surface area contributed by atoms with Gasteiger partial charge in [0, 0.05) is 39.8 Å². The Kier molecular flexibility index (Phi) is 6.47. The molecule has 0 bridgehead atoms. The molecular weight excluding hydrogens is 496 g/mol. The molecule has 7 rings (SSSR count). The van der Waals surface area contributed by atoms with Crippen LogP contribution in [0.4, 0.5) is 11.4 Å². The monoisotopic (exact) mass is 532 g/mol. The highest BCUT2D eigenvalue weighted by Crippen LogP contribution is 2.40. The zero-order chi connectivity index (χ0) is 27.9. The highest BCUT2D eigenvalue weighted by Gasteiger charge is 2.24. The maximum absolute atomic E-state index is 2.48. The van der Waals surface area contributed by atoms with Crippen LogP contribution in [0.25, 0.3) is 27.5 Å². The number of fused-ring (bicyclic) bond motifs is 4. The molecule has 1 aromatic heterocycles. The highest BCUT2D eigenvalue weighted by atomic mass is 15.2. The molecule has 0 amide bonds. The summed E-state index contributed by atoms with van der Waals surface area (Å²) in [7, 11) is 0. The minimum Gasteiger partial charge on any atom is -0.335 e. The number of hydrogen-bond donors (Lipinski definition) is 0. The standard InChI is InChI=1S/C39H36N2/c1-27-25-31(40-29(3)13-5-4-6-14-30-15-7-10-18-37(30)40)21-23-33(27)34-24-22-32(26-28(34)2)41-38-19-11-8-16-35(38)36-17-9-12-20-39(36)41/h4-13,15-26,28-29,34H,14H2,1-3H3/b6-4-,13-5-. The van der Waals surface area contributed by atoms with Gasteiger partial charge in [0.2, 0.25) is 0 Å². The van der Waals surface area contributed by atoms with Gasteiger partial charge in [-0.15, -0.1) is 0 Å². The zero-order valence-corrected chi connectivity index (χ0v) is 24.0. The van der Waals surface area contributed by atoms with Crippen LogP contribution < -0.4 is 4.90 Å². The third kappa shape index (κ3) is 4.44. The van der Waals surface area contributed by atoms with Gasteiger partial charge in [-0.3, -0.25) is 0 Å². The van der Waals surface area contributed by atoms with Gasteiger partial charge in [-0.25, -0.2) is 0 Å². The first kappa shape index (κ1) is 25.4. The molecule has 4 aromatic carbocycles. The molecule has 1 aliphatic heterocycles. The normalized spacial score (nSPS) is 22.1. The Morgan fingerprint density at radius 2 is 1.44 bits per heavy atom. The van der Waals surface area contributed by atoms with E-state index in [2.05, 4.69) is 164 Å². The lowest BCUT2D eigenvalue weighted by molar-refractivity contribution is 0.632. The lowest BCUT2D eigenvalue weighted by atomic mass is 9.81. The minimum atomic E-state index is 0.245. The molecule has 2 heteroatoms. The number of hydrogen-bond acceptors (Lipinski definition) is 1. The third-order valence-electron chi connectivity index (χ3n) is 8.84. The van der Waals surface area contributed by atoms with E-state index >= 15 is 0 Å². The van der Waals surface area contributed by atoms with Gasteiger partial charge in [-0.2, -0.15) is 0 Å². The molecule has 2 heterocycles. The van der Waals surface area contributed by atoms with E-state index < -0.39 is 0 Å². The molecular formula is C39H36N2. The fourth-order valence-electron chi connectivity index (χ4n) is 6.82. The van der Waals surface area contributed by atoms with Gasteiger partial charge in [0.05, 0.1) is 11.0 Å². The van der Waals surface area contributed by atoms with Crippen LogP contribution >= 0.6 is 0 Å². The molecule has 0 saturated carbocycles. The fraction of sp³-hybridized carbons (Fsp3) is 0.179. The number of allylic oxidation sites excluding steroid dienone is 7. The molecule has 0 saturated heterocycles. The van der Waals surface area contributed by atoms with E-state index in [-0.39, 0.29) is 6.04 Å². The van der Waals surface area contributed by atoms with Crippen LogP contribution in [0.15, 0.2) is 134 Å². The summed E-state index contributed by atoms with van der Waals surface area (Å²) >= 11 is 0. The molecule has 0 N–H and O–H groups in total. The van der Waals surface area contributed by atoms with Crippen molar-refractivity contribution in [3.8, 4) is 0 Å². The van der Waals surface area contributed by atoms with E-state index in [9.17, 15) is 0 Å². The molecule has 3 atom stereocenters. The van der Waals surface area contributed by atoms with Crippen molar-refractivity contribution in [2.45, 2.75) is 39.2 Å².